The molecule has 0 saturated heterocycles. The molecular weight excluding hydrogens is 504 g/mol. The van der Waals surface area contributed by atoms with Crippen LogP contribution in [-0.2, 0) is 4.79 Å². The molecule has 36 heavy (non-hydrogen) atoms. The highest BCUT2D eigenvalue weighted by atomic mass is 35.5. The van der Waals surface area contributed by atoms with Gasteiger partial charge in [0.2, 0.25) is 5.91 Å². The fraction of sp³-hybridized carbons (Fsp3) is 0.250. The van der Waals surface area contributed by atoms with Crippen molar-refractivity contribution in [3.63, 3.8) is 0 Å². The number of H-pyrrole nitrogens is 1. The lowest BCUT2D eigenvalue weighted by Gasteiger charge is -2.15. The molecule has 0 spiro atoms. The van der Waals surface area contributed by atoms with E-state index in [2.05, 4.69) is 20.5 Å². The maximum atomic E-state index is 12.9. The lowest BCUT2D eigenvalue weighted by Crippen LogP contribution is -2.23. The molecule has 0 aliphatic heterocycles. The van der Waals surface area contributed by atoms with Crippen LogP contribution in [0.25, 0.3) is 16.7 Å². The molecule has 0 radical (unpaired) electrons. The van der Waals surface area contributed by atoms with E-state index in [9.17, 15) is 4.79 Å². The van der Waals surface area contributed by atoms with Gasteiger partial charge in [0, 0.05) is 17.4 Å². The molecule has 188 valence electrons. The van der Waals surface area contributed by atoms with Gasteiger partial charge in [0.15, 0.2) is 10.8 Å². The van der Waals surface area contributed by atoms with Gasteiger partial charge < -0.3 is 19.5 Å². The number of amides is 1. The van der Waals surface area contributed by atoms with Crippen LogP contribution in [0.4, 0.5) is 5.69 Å². The summed E-state index contributed by atoms with van der Waals surface area (Å²) in [4.78, 5) is 17.5. The first-order valence-corrected chi connectivity index (χ1v) is 12.3. The predicted molar refractivity (Wildman–Crippen MR) is 139 cm³/mol. The Morgan fingerprint density at radius 3 is 2.58 bits per heavy atom. The fourth-order valence-corrected chi connectivity index (χ4v) is 4.65. The number of ether oxygens (including phenoxy) is 3. The van der Waals surface area contributed by atoms with Crippen molar-refractivity contribution in [3.05, 3.63) is 52.6 Å². The molecule has 10 nitrogen and oxygen atoms in total. The molecular formula is C24H25ClN6O4S. The van der Waals surface area contributed by atoms with Crippen molar-refractivity contribution >= 4 is 46.0 Å². The number of methoxy groups -OCH3 is 2. The predicted octanol–water partition coefficient (Wildman–Crippen LogP) is 4.34. The molecule has 0 fully saturated rings. The van der Waals surface area contributed by atoms with Gasteiger partial charge in [0.1, 0.15) is 22.7 Å². The molecule has 2 heterocycles. The van der Waals surface area contributed by atoms with Gasteiger partial charge in [-0.25, -0.2) is 4.98 Å². The number of hydrogen-bond acceptors (Lipinski definition) is 8. The Balaban J connectivity index is 1.64. The molecule has 0 unspecified atom stereocenters. The van der Waals surface area contributed by atoms with Gasteiger partial charge in [-0.15, -0.1) is 0 Å². The van der Waals surface area contributed by atoms with E-state index >= 15 is 0 Å². The van der Waals surface area contributed by atoms with E-state index < -0.39 is 0 Å². The molecule has 2 aromatic heterocycles. The number of hydrogen-bond donors (Lipinski definition) is 3. The van der Waals surface area contributed by atoms with E-state index in [4.69, 9.17) is 31.2 Å². The highest BCUT2D eigenvalue weighted by Crippen LogP contribution is 2.36. The van der Waals surface area contributed by atoms with Crippen molar-refractivity contribution in [1.29, 1.82) is 5.41 Å². The molecule has 0 saturated carbocycles. The zero-order chi connectivity index (χ0) is 25.8. The Hall–Kier alpha value is -3.70. The van der Waals surface area contributed by atoms with Crippen LogP contribution in [0.1, 0.15) is 12.6 Å². The van der Waals surface area contributed by atoms with E-state index in [1.54, 1.807) is 16.7 Å². The van der Waals surface area contributed by atoms with Crippen LogP contribution in [0.5, 0.6) is 17.2 Å². The Labute approximate surface area is 216 Å². The highest BCUT2D eigenvalue weighted by Gasteiger charge is 2.18. The van der Waals surface area contributed by atoms with E-state index in [0.717, 1.165) is 11.4 Å². The zero-order valence-corrected chi connectivity index (χ0v) is 21.7. The van der Waals surface area contributed by atoms with Crippen molar-refractivity contribution in [1.82, 2.24) is 19.7 Å². The highest BCUT2D eigenvalue weighted by molar-refractivity contribution is 7.99. The summed E-state index contributed by atoms with van der Waals surface area (Å²) >= 11 is 7.40. The van der Waals surface area contributed by atoms with E-state index in [-0.39, 0.29) is 17.1 Å². The Kier molecular flexibility index (Phi) is 7.70. The van der Waals surface area contributed by atoms with Crippen LogP contribution < -0.4 is 25.0 Å². The van der Waals surface area contributed by atoms with Gasteiger partial charge in [-0.2, -0.15) is 5.10 Å². The first kappa shape index (κ1) is 25.4. The summed E-state index contributed by atoms with van der Waals surface area (Å²) in [7, 11) is 2.99. The van der Waals surface area contributed by atoms with Gasteiger partial charge in [-0.3, -0.25) is 19.9 Å². The van der Waals surface area contributed by atoms with Gasteiger partial charge in [-0.05, 0) is 44.2 Å². The van der Waals surface area contributed by atoms with Gasteiger partial charge >= 0.3 is 0 Å². The molecule has 0 bridgehead atoms. The number of thioether (sulfide) groups is 1. The topological polar surface area (TPSA) is 127 Å². The second kappa shape index (κ2) is 10.9. The number of nitrogens with one attached hydrogen (secondary N) is 3. The summed E-state index contributed by atoms with van der Waals surface area (Å²) in [5.74, 6) is 1.30. The summed E-state index contributed by atoms with van der Waals surface area (Å²) in [6, 6.07) is 10.5. The Morgan fingerprint density at radius 2 is 1.92 bits per heavy atom. The van der Waals surface area contributed by atoms with Gasteiger partial charge in [-0.1, -0.05) is 23.4 Å². The first-order valence-electron chi connectivity index (χ1n) is 11.0. The Bertz CT molecular complexity index is 1470. The number of halogens is 1. The third-order valence-electron chi connectivity index (χ3n) is 5.27. The number of rotatable bonds is 9. The molecule has 0 atom stereocenters. The largest absolute Gasteiger partial charge is 0.495 e. The maximum Gasteiger partial charge on any atom is 0.234 e. The third kappa shape index (κ3) is 5.12. The average Bonchev–Trinajstić information content (AvgIpc) is 3.24. The van der Waals surface area contributed by atoms with Crippen LogP contribution in [0.3, 0.4) is 0 Å². The van der Waals surface area contributed by atoms with E-state index in [1.807, 2.05) is 38.1 Å². The number of aromatic amines is 1. The van der Waals surface area contributed by atoms with Crippen LogP contribution in [-0.4, -0.2) is 52.2 Å². The molecule has 12 heteroatoms. The number of benzene rings is 2. The van der Waals surface area contributed by atoms with Crippen LogP contribution in [0.15, 0.2) is 41.6 Å². The van der Waals surface area contributed by atoms with Crippen molar-refractivity contribution in [2.24, 2.45) is 0 Å². The smallest absolute Gasteiger partial charge is 0.234 e. The fourth-order valence-electron chi connectivity index (χ4n) is 3.60. The number of aryl methyl sites for hydroxylation is 1. The van der Waals surface area contributed by atoms with Crippen LogP contribution in [0, 0.1) is 12.3 Å². The zero-order valence-electron chi connectivity index (χ0n) is 20.1. The van der Waals surface area contributed by atoms with Crippen molar-refractivity contribution in [2.75, 3.05) is 31.9 Å². The summed E-state index contributed by atoms with van der Waals surface area (Å²) in [5, 5.41) is 20.2. The van der Waals surface area contributed by atoms with Crippen LogP contribution in [0.2, 0.25) is 5.02 Å². The summed E-state index contributed by atoms with van der Waals surface area (Å²) in [6.07, 6.45) is 0. The standard InChI is InChI=1S/C24H25ClN6O4S/c1-5-35-15-8-6-14(7-9-15)31-22(26)21-13(2)29-30-23(21)28-24(31)36-12-20(32)27-17-10-16(25)18(33-3)11-19(17)34-4/h6-11,26H,5,12H2,1-4H3,(H,27,32)(H,29,30). The van der Waals surface area contributed by atoms with Crippen molar-refractivity contribution in [3.8, 4) is 22.9 Å². The second-order valence-electron chi connectivity index (χ2n) is 7.58. The average molecular weight is 529 g/mol. The number of carbonyl (C=O) groups is 1. The number of carbonyl (C=O) groups excluding carboxylic acids is 1. The molecule has 4 rings (SSSR count). The molecule has 1 amide bonds. The monoisotopic (exact) mass is 528 g/mol. The quantitative estimate of drug-likeness (QED) is 0.218. The first-order chi connectivity index (χ1) is 17.4. The van der Waals surface area contributed by atoms with Crippen molar-refractivity contribution < 1.29 is 19.0 Å². The number of aromatic nitrogens is 4. The molecule has 0 aliphatic carbocycles. The number of anilines is 1. The summed E-state index contributed by atoms with van der Waals surface area (Å²) in [6.45, 7) is 4.31. The number of fused-ring (bicyclic) bond motifs is 1. The maximum absolute atomic E-state index is 12.9. The molecule has 3 N–H and O–H groups in total. The van der Waals surface area contributed by atoms with E-state index in [0.29, 0.717) is 50.7 Å². The molecule has 0 aliphatic rings. The molecule has 4 aromatic rings. The van der Waals surface area contributed by atoms with Gasteiger partial charge in [0.05, 0.1) is 42.7 Å². The Morgan fingerprint density at radius 1 is 1.19 bits per heavy atom. The minimum atomic E-state index is -0.301. The normalized spacial score (nSPS) is 10.9. The van der Waals surface area contributed by atoms with E-state index in [1.165, 1.54) is 26.0 Å². The third-order valence-corrected chi connectivity index (χ3v) is 6.50. The van der Waals surface area contributed by atoms with Crippen LogP contribution >= 0.6 is 23.4 Å². The van der Waals surface area contributed by atoms with Crippen molar-refractivity contribution in [2.45, 2.75) is 19.0 Å². The SMILES string of the molecule is CCOc1ccc(-n2c(SCC(=O)Nc3cc(Cl)c(OC)cc3OC)nc3n[nH]c(C)c3c2=N)cc1. The second-order valence-corrected chi connectivity index (χ2v) is 8.93. The summed E-state index contributed by atoms with van der Waals surface area (Å²) < 4.78 is 17.8. The lowest BCUT2D eigenvalue weighted by molar-refractivity contribution is -0.113. The van der Waals surface area contributed by atoms with Gasteiger partial charge in [0.25, 0.3) is 0 Å². The molecule has 2 aromatic carbocycles. The lowest BCUT2D eigenvalue weighted by atomic mass is 10.2. The summed E-state index contributed by atoms with van der Waals surface area (Å²) in [5.41, 5.74) is 2.49. The minimum Gasteiger partial charge on any atom is -0.495 e. The minimum absolute atomic E-state index is 0.0190. The number of nitrogens with zero attached hydrogens (tertiary/aromatic N) is 3.